The van der Waals surface area contributed by atoms with Gasteiger partial charge in [0.05, 0.1) is 17.7 Å². The number of hydrogen-bond donors (Lipinski definition) is 0. The molecule has 0 N–H and O–H groups in total. The first-order chi connectivity index (χ1) is 18.9. The molecule has 39 heavy (non-hydrogen) atoms. The van der Waals surface area contributed by atoms with E-state index in [1.165, 1.54) is 49.9 Å². The van der Waals surface area contributed by atoms with Gasteiger partial charge in [0, 0.05) is 0 Å². The number of benzene rings is 2. The van der Waals surface area contributed by atoms with E-state index in [2.05, 4.69) is 13.8 Å². The van der Waals surface area contributed by atoms with Crippen LogP contribution in [0, 0.1) is 0 Å². The minimum atomic E-state index is -2.74. The van der Waals surface area contributed by atoms with Gasteiger partial charge in [-0.1, -0.05) is 78.1 Å². The molecule has 1 atom stereocenters. The first-order valence-electron chi connectivity index (χ1n) is 14.5. The summed E-state index contributed by atoms with van der Waals surface area (Å²) in [7, 11) is 0. The summed E-state index contributed by atoms with van der Waals surface area (Å²) in [6, 6.07) is 12.4. The van der Waals surface area contributed by atoms with Crippen LogP contribution in [-0.4, -0.2) is 31.1 Å². The topological polar surface area (TPSA) is 61.8 Å². The zero-order valence-electron chi connectivity index (χ0n) is 23.5. The SMILES string of the molecule is CCCCCCCCOc1ccc(C(=O)Oc2ccc(C(=O)OC(CCCCCCCC)C(F)F)cc2)cc1. The molecular weight excluding hydrogens is 502 g/mol. The third kappa shape index (κ3) is 13.1. The van der Waals surface area contributed by atoms with Crippen molar-refractivity contribution < 1.29 is 32.6 Å². The Morgan fingerprint density at radius 3 is 1.69 bits per heavy atom. The molecule has 0 spiro atoms. The zero-order valence-corrected chi connectivity index (χ0v) is 23.5. The van der Waals surface area contributed by atoms with Crippen LogP contribution in [0.4, 0.5) is 8.78 Å². The number of ether oxygens (including phenoxy) is 3. The smallest absolute Gasteiger partial charge is 0.343 e. The normalized spacial score (nSPS) is 11.8. The largest absolute Gasteiger partial charge is 0.494 e. The molecule has 0 amide bonds. The molecule has 7 heteroatoms. The number of unbranched alkanes of at least 4 members (excludes halogenated alkanes) is 10. The first-order valence-corrected chi connectivity index (χ1v) is 14.5. The maximum atomic E-state index is 13.4. The summed E-state index contributed by atoms with van der Waals surface area (Å²) in [6.07, 6.45) is 8.87. The van der Waals surface area contributed by atoms with Gasteiger partial charge in [-0.3, -0.25) is 0 Å². The fourth-order valence-electron chi connectivity index (χ4n) is 4.15. The van der Waals surface area contributed by atoms with E-state index < -0.39 is 24.5 Å². The predicted molar refractivity (Wildman–Crippen MR) is 150 cm³/mol. The van der Waals surface area contributed by atoms with Crippen LogP contribution in [0.3, 0.4) is 0 Å². The second-order valence-electron chi connectivity index (χ2n) is 9.89. The van der Waals surface area contributed by atoms with E-state index in [1.807, 2.05) is 0 Å². The molecule has 0 fully saturated rings. The lowest BCUT2D eigenvalue weighted by Crippen LogP contribution is -2.25. The molecule has 0 aromatic heterocycles. The van der Waals surface area contributed by atoms with Crippen LogP contribution in [-0.2, 0) is 4.74 Å². The van der Waals surface area contributed by atoms with E-state index in [-0.39, 0.29) is 17.7 Å². The van der Waals surface area contributed by atoms with Crippen LogP contribution in [0.5, 0.6) is 11.5 Å². The number of alkyl halides is 2. The molecule has 0 saturated heterocycles. The molecule has 0 aliphatic heterocycles. The van der Waals surface area contributed by atoms with Gasteiger partial charge in [-0.2, -0.15) is 0 Å². The second kappa shape index (κ2) is 19.2. The van der Waals surface area contributed by atoms with Crippen molar-refractivity contribution in [3.63, 3.8) is 0 Å². The first kappa shape index (κ1) is 32.3. The molecule has 216 valence electrons. The Morgan fingerprint density at radius 1 is 0.641 bits per heavy atom. The van der Waals surface area contributed by atoms with E-state index in [0.717, 1.165) is 44.9 Å². The van der Waals surface area contributed by atoms with E-state index in [0.29, 0.717) is 24.3 Å². The Morgan fingerprint density at radius 2 is 1.13 bits per heavy atom. The minimum Gasteiger partial charge on any atom is -0.494 e. The van der Waals surface area contributed by atoms with Crippen LogP contribution in [0.2, 0.25) is 0 Å². The van der Waals surface area contributed by atoms with E-state index in [1.54, 1.807) is 24.3 Å². The van der Waals surface area contributed by atoms with Crippen molar-refractivity contribution in [1.29, 1.82) is 0 Å². The molecule has 2 aromatic rings. The Bertz CT molecular complexity index is 944. The van der Waals surface area contributed by atoms with Gasteiger partial charge in [-0.05, 0) is 67.8 Å². The fourth-order valence-corrected chi connectivity index (χ4v) is 4.15. The summed E-state index contributed by atoms with van der Waals surface area (Å²) in [4.78, 5) is 24.9. The van der Waals surface area contributed by atoms with Crippen LogP contribution >= 0.6 is 0 Å². The predicted octanol–water partition coefficient (Wildman–Crippen LogP) is 9.19. The monoisotopic (exact) mass is 546 g/mol. The number of carbonyl (C=O) groups is 2. The van der Waals surface area contributed by atoms with Gasteiger partial charge in [0.1, 0.15) is 11.5 Å². The van der Waals surface area contributed by atoms with Crippen molar-refractivity contribution in [3.05, 3.63) is 59.7 Å². The van der Waals surface area contributed by atoms with Gasteiger partial charge in [0.2, 0.25) is 0 Å². The van der Waals surface area contributed by atoms with E-state index in [9.17, 15) is 18.4 Å². The van der Waals surface area contributed by atoms with Gasteiger partial charge >= 0.3 is 11.9 Å². The van der Waals surface area contributed by atoms with Gasteiger partial charge in [-0.15, -0.1) is 0 Å². The second-order valence-corrected chi connectivity index (χ2v) is 9.89. The highest BCUT2D eigenvalue weighted by molar-refractivity contribution is 5.92. The third-order valence-corrected chi connectivity index (χ3v) is 6.54. The summed E-state index contributed by atoms with van der Waals surface area (Å²) in [6.45, 7) is 4.96. The Hall–Kier alpha value is -2.96. The summed E-state index contributed by atoms with van der Waals surface area (Å²) in [5.41, 5.74) is 0.482. The van der Waals surface area contributed by atoms with Crippen LogP contribution in [0.25, 0.3) is 0 Å². The van der Waals surface area contributed by atoms with Gasteiger partial charge in [0.25, 0.3) is 6.43 Å². The summed E-state index contributed by atoms with van der Waals surface area (Å²) in [5, 5.41) is 0. The Balaban J connectivity index is 1.77. The average molecular weight is 547 g/mol. The molecule has 0 aliphatic rings. The maximum Gasteiger partial charge on any atom is 0.343 e. The summed E-state index contributed by atoms with van der Waals surface area (Å²) in [5.74, 6) is -0.441. The molecule has 0 radical (unpaired) electrons. The van der Waals surface area contributed by atoms with Crippen molar-refractivity contribution in [2.24, 2.45) is 0 Å². The fraction of sp³-hybridized carbons (Fsp3) is 0.562. The number of hydrogen-bond acceptors (Lipinski definition) is 5. The van der Waals surface area contributed by atoms with Crippen molar-refractivity contribution >= 4 is 11.9 Å². The summed E-state index contributed by atoms with van der Waals surface area (Å²) < 4.78 is 43.0. The highest BCUT2D eigenvalue weighted by Gasteiger charge is 2.25. The standard InChI is InChI=1S/C32H44F2O5/c1-3-5-7-9-11-13-15-29(30(33)34)39-32(36)26-18-22-28(23-19-26)38-31(35)25-16-20-27(21-17-25)37-24-14-12-10-8-6-4-2/h16-23,29-30H,3-15,24H2,1-2H3. The quantitative estimate of drug-likeness (QED) is 0.0941. The highest BCUT2D eigenvalue weighted by Crippen LogP contribution is 2.20. The Labute approximate surface area is 232 Å². The van der Waals surface area contributed by atoms with Crippen LogP contribution in [0.15, 0.2) is 48.5 Å². The van der Waals surface area contributed by atoms with Gasteiger partial charge in [0.15, 0.2) is 6.10 Å². The van der Waals surface area contributed by atoms with Crippen molar-refractivity contribution in [2.45, 2.75) is 110 Å². The summed E-state index contributed by atoms with van der Waals surface area (Å²) >= 11 is 0. The third-order valence-electron chi connectivity index (χ3n) is 6.54. The molecule has 0 heterocycles. The molecule has 2 aromatic carbocycles. The average Bonchev–Trinajstić information content (AvgIpc) is 2.94. The Kier molecular flexibility index (Phi) is 15.8. The number of carbonyl (C=O) groups excluding carboxylic acids is 2. The maximum absolute atomic E-state index is 13.4. The number of esters is 2. The molecule has 0 aliphatic carbocycles. The number of rotatable bonds is 20. The van der Waals surface area contributed by atoms with Crippen LogP contribution in [0.1, 0.15) is 118 Å². The molecule has 1 unspecified atom stereocenters. The van der Waals surface area contributed by atoms with E-state index >= 15 is 0 Å². The van der Waals surface area contributed by atoms with Crippen molar-refractivity contribution in [1.82, 2.24) is 0 Å². The van der Waals surface area contributed by atoms with E-state index in [4.69, 9.17) is 14.2 Å². The molecule has 5 nitrogen and oxygen atoms in total. The van der Waals surface area contributed by atoms with Crippen molar-refractivity contribution in [3.8, 4) is 11.5 Å². The molecular formula is C32H44F2O5. The number of halogens is 2. The van der Waals surface area contributed by atoms with Crippen molar-refractivity contribution in [2.75, 3.05) is 6.61 Å². The van der Waals surface area contributed by atoms with Gasteiger partial charge < -0.3 is 14.2 Å². The molecule has 2 rings (SSSR count). The lowest BCUT2D eigenvalue weighted by molar-refractivity contribution is -0.0374. The molecule has 0 saturated carbocycles. The lowest BCUT2D eigenvalue weighted by Gasteiger charge is -2.17. The lowest BCUT2D eigenvalue weighted by atomic mass is 10.1. The minimum absolute atomic E-state index is 0.121. The van der Waals surface area contributed by atoms with Gasteiger partial charge in [-0.25, -0.2) is 18.4 Å². The highest BCUT2D eigenvalue weighted by atomic mass is 19.3. The molecule has 0 bridgehead atoms. The van der Waals surface area contributed by atoms with Crippen LogP contribution < -0.4 is 9.47 Å². The zero-order chi connectivity index (χ0) is 28.3.